The normalized spacial score (nSPS) is 11.2. The van der Waals surface area contributed by atoms with Gasteiger partial charge in [-0.15, -0.1) is 0 Å². The van der Waals surface area contributed by atoms with E-state index in [2.05, 4.69) is 601 Å². The van der Waals surface area contributed by atoms with Gasteiger partial charge < -0.3 is 28.4 Å². The Kier molecular flexibility index (Phi) is 23.9. The molecular formula is C135H100N6. The molecule has 6 nitrogen and oxygen atoms in total. The highest BCUT2D eigenvalue weighted by Crippen LogP contribution is 2.47. The highest BCUT2D eigenvalue weighted by Gasteiger charge is 2.24. The molecule has 670 valence electrons. The summed E-state index contributed by atoms with van der Waals surface area (Å²) in [6, 6.07) is 199. The Morgan fingerprint density at radius 2 is 0.362 bits per heavy atom. The number of rotatable bonds is 19. The number of hydrogen-bond donors (Lipinski definition) is 0. The van der Waals surface area contributed by atoms with Gasteiger partial charge >= 0.3 is 0 Å². The third-order valence-corrected chi connectivity index (χ3v) is 27.2. The van der Waals surface area contributed by atoms with Crippen LogP contribution in [0.1, 0.15) is 16.7 Å². The predicted molar refractivity (Wildman–Crippen MR) is 599 cm³/mol. The second-order valence-corrected chi connectivity index (χ2v) is 36.2. The van der Waals surface area contributed by atoms with Crippen molar-refractivity contribution >= 4 is 117 Å². The number of hydrogen-bond acceptors (Lipinski definition) is 3. The molecule has 6 heteroatoms. The van der Waals surface area contributed by atoms with Crippen LogP contribution in [0, 0.1) is 20.8 Å². The van der Waals surface area contributed by atoms with E-state index in [0.29, 0.717) is 0 Å². The minimum atomic E-state index is 1.11. The van der Waals surface area contributed by atoms with Gasteiger partial charge in [0.2, 0.25) is 0 Å². The highest BCUT2D eigenvalue weighted by molar-refractivity contribution is 6.13. The van der Waals surface area contributed by atoms with Gasteiger partial charge in [-0.2, -0.15) is 0 Å². The van der Waals surface area contributed by atoms with Crippen molar-refractivity contribution in [2.45, 2.75) is 20.8 Å². The van der Waals surface area contributed by atoms with Crippen molar-refractivity contribution in [2.24, 2.45) is 0 Å². The van der Waals surface area contributed by atoms with Gasteiger partial charge in [0.15, 0.2) is 0 Å². The van der Waals surface area contributed by atoms with Crippen LogP contribution in [0.15, 0.2) is 552 Å². The van der Waals surface area contributed by atoms with E-state index in [9.17, 15) is 0 Å². The summed E-state index contributed by atoms with van der Waals surface area (Å²) >= 11 is 0. The van der Waals surface area contributed by atoms with Crippen molar-refractivity contribution in [3.63, 3.8) is 0 Å². The molecule has 3 aromatic heterocycles. The molecular weight excluding hydrogens is 1710 g/mol. The van der Waals surface area contributed by atoms with Crippen LogP contribution in [0.5, 0.6) is 0 Å². The van der Waals surface area contributed by atoms with E-state index >= 15 is 0 Å². The number of anilines is 9. The van der Waals surface area contributed by atoms with Crippen LogP contribution in [0.2, 0.25) is 0 Å². The third kappa shape index (κ3) is 17.6. The standard InChI is InChI=1S/C49H36N2.2C43H32N2/c1-35-19-26-45(27-20-35)51-48-18-9-8-17-46(48)47-34-41(25-32-49(47)51)40-14-10-13-39(33-40)38-23-30-44(31-24-38)50(42-15-6-3-7-16-42)43-28-21-37(22-29-43)36-11-4-2-5-12-36;1-31-20-25-37(26-21-31)45-42-19-11-9-17-39(42)40-30-34(24-29-43(40)45)38-16-8-10-18-41(38)44(35-14-6-3-7-15-35)36-27-22-33(23-28-36)32-12-4-2-5-13-32;1-31-19-24-38(25-20-31)45-42-18-9-8-17-40(42)41-30-35(23-28-43(41)45)34-13-10-16-39(29-34)44(36-14-6-3-7-15-36)37-26-21-33(22-27-37)32-11-4-2-5-12-32/h2-34H,1H3;2*2-30H,1H3. The summed E-state index contributed by atoms with van der Waals surface area (Å²) in [6.45, 7) is 6.40. The second-order valence-electron chi connectivity index (χ2n) is 36.2. The van der Waals surface area contributed by atoms with E-state index in [1.54, 1.807) is 0 Å². The molecule has 3 heterocycles. The van der Waals surface area contributed by atoms with Crippen LogP contribution in [-0.2, 0) is 0 Å². The molecule has 0 unspecified atom stereocenters. The van der Waals surface area contributed by atoms with Gasteiger partial charge in [-0.3, -0.25) is 0 Å². The molecule has 0 saturated heterocycles. The van der Waals surface area contributed by atoms with Crippen LogP contribution in [-0.4, -0.2) is 13.7 Å². The summed E-state index contributed by atoms with van der Waals surface area (Å²) < 4.78 is 7.13. The quantitative estimate of drug-likeness (QED) is 0.0806. The molecule has 0 aliphatic carbocycles. The SMILES string of the molecule is Cc1ccc(-n2c3ccccc3c3cc(-c4cccc(-c5ccc(N(c6ccccc6)c6ccc(-c7ccccc7)cc6)cc5)c4)ccc32)cc1.Cc1ccc(-n2c3ccccc3c3cc(-c4cccc(N(c5ccccc5)c5ccc(-c6ccccc6)cc5)c4)ccc32)cc1.Cc1ccc(-n2c3ccccc3c3cc(-c4ccccc4N(c4ccccc4)c4ccc(-c5ccccc5)cc4)ccc32)cc1. The molecule has 0 aliphatic rings. The van der Waals surface area contributed by atoms with Gasteiger partial charge in [0.25, 0.3) is 0 Å². The first-order valence-corrected chi connectivity index (χ1v) is 48.4. The Bertz CT molecular complexity index is 8720. The number of benzene rings is 22. The molecule has 141 heavy (non-hydrogen) atoms. The molecule has 0 spiro atoms. The summed E-state index contributed by atoms with van der Waals surface area (Å²) in [5.41, 5.74) is 41.5. The van der Waals surface area contributed by atoms with E-state index in [-0.39, 0.29) is 0 Å². The largest absolute Gasteiger partial charge is 0.311 e. The van der Waals surface area contributed by atoms with E-state index in [4.69, 9.17) is 0 Å². The lowest BCUT2D eigenvalue weighted by Gasteiger charge is -2.28. The predicted octanol–water partition coefficient (Wildman–Crippen LogP) is 37.4. The first kappa shape index (κ1) is 86.7. The summed E-state index contributed by atoms with van der Waals surface area (Å²) in [5.74, 6) is 0. The van der Waals surface area contributed by atoms with Crippen LogP contribution in [0.25, 0.3) is 160 Å². The number of aryl methyl sites for hydroxylation is 3. The van der Waals surface area contributed by atoms with E-state index < -0.39 is 0 Å². The maximum absolute atomic E-state index is 2.38. The Balaban J connectivity index is 0.000000118. The van der Waals surface area contributed by atoms with Crippen molar-refractivity contribution in [3.8, 4) is 95.0 Å². The molecule has 25 rings (SSSR count). The fourth-order valence-electron chi connectivity index (χ4n) is 20.1. The fraction of sp³-hybridized carbons (Fsp3) is 0.0222. The topological polar surface area (TPSA) is 24.5 Å². The summed E-state index contributed by atoms with van der Waals surface area (Å²) in [7, 11) is 0. The maximum Gasteiger partial charge on any atom is 0.0541 e. The summed E-state index contributed by atoms with van der Waals surface area (Å²) in [4.78, 5) is 7.02. The first-order valence-electron chi connectivity index (χ1n) is 48.4. The number of nitrogens with zero attached hydrogens (tertiary/aromatic N) is 6. The van der Waals surface area contributed by atoms with Crippen molar-refractivity contribution in [2.75, 3.05) is 14.7 Å². The summed E-state index contributed by atoms with van der Waals surface area (Å²) in [5, 5.41) is 7.54. The van der Waals surface area contributed by atoms with Gasteiger partial charge in [-0.05, 0) is 293 Å². The fourth-order valence-corrected chi connectivity index (χ4v) is 20.1. The lowest BCUT2D eigenvalue weighted by atomic mass is 9.97. The van der Waals surface area contributed by atoms with E-state index in [1.807, 2.05) is 0 Å². The lowest BCUT2D eigenvalue weighted by molar-refractivity contribution is 1.17. The number of fused-ring (bicyclic) bond motifs is 9. The second kappa shape index (κ2) is 38.8. The van der Waals surface area contributed by atoms with Crippen molar-refractivity contribution in [1.29, 1.82) is 0 Å². The zero-order chi connectivity index (χ0) is 94.5. The Hall–Kier alpha value is -18.4. The smallest absolute Gasteiger partial charge is 0.0541 e. The van der Waals surface area contributed by atoms with Gasteiger partial charge in [-0.1, -0.05) is 369 Å². The average Bonchev–Trinajstić information content (AvgIpc) is 1.61. The van der Waals surface area contributed by atoms with Crippen molar-refractivity contribution in [3.05, 3.63) is 569 Å². The molecule has 0 atom stereocenters. The van der Waals surface area contributed by atoms with Crippen LogP contribution in [0.4, 0.5) is 51.2 Å². The molecule has 0 aliphatic heterocycles. The molecule has 0 fully saturated rings. The van der Waals surface area contributed by atoms with Crippen molar-refractivity contribution < 1.29 is 0 Å². The third-order valence-electron chi connectivity index (χ3n) is 27.2. The summed E-state index contributed by atoms with van der Waals surface area (Å²) in [6.07, 6.45) is 0. The van der Waals surface area contributed by atoms with Gasteiger partial charge in [0.1, 0.15) is 0 Å². The van der Waals surface area contributed by atoms with Crippen LogP contribution >= 0.6 is 0 Å². The van der Waals surface area contributed by atoms with Gasteiger partial charge in [0, 0.05) is 100 Å². The lowest BCUT2D eigenvalue weighted by Crippen LogP contribution is -2.11. The first-order chi connectivity index (χ1) is 69.7. The van der Waals surface area contributed by atoms with E-state index in [1.165, 1.54) is 177 Å². The zero-order valence-corrected chi connectivity index (χ0v) is 78.7. The minimum Gasteiger partial charge on any atom is -0.311 e. The number of para-hydroxylation sites is 7. The molecule has 22 aromatic carbocycles. The van der Waals surface area contributed by atoms with Crippen LogP contribution in [0.3, 0.4) is 0 Å². The molecule has 0 amide bonds. The Labute approximate surface area is 823 Å². The zero-order valence-electron chi connectivity index (χ0n) is 78.7. The Morgan fingerprint density at radius 1 is 0.135 bits per heavy atom. The highest BCUT2D eigenvalue weighted by atomic mass is 15.2. The van der Waals surface area contributed by atoms with Crippen LogP contribution < -0.4 is 14.7 Å². The van der Waals surface area contributed by atoms with Gasteiger partial charge in [0.05, 0.1) is 38.8 Å². The Morgan fingerprint density at radius 3 is 0.738 bits per heavy atom. The average molecular weight is 1810 g/mol. The molecule has 0 radical (unpaired) electrons. The molecule has 0 N–H and O–H groups in total. The number of aromatic nitrogens is 3. The van der Waals surface area contributed by atoms with Crippen molar-refractivity contribution in [1.82, 2.24) is 13.7 Å². The van der Waals surface area contributed by atoms with Gasteiger partial charge in [-0.25, -0.2) is 0 Å². The molecule has 0 bridgehead atoms. The monoisotopic (exact) mass is 1800 g/mol. The maximum atomic E-state index is 2.38. The molecule has 0 saturated carbocycles. The minimum absolute atomic E-state index is 1.11. The molecule has 25 aromatic rings. The van der Waals surface area contributed by atoms with E-state index in [0.717, 1.165) is 51.2 Å².